The summed E-state index contributed by atoms with van der Waals surface area (Å²) in [5.41, 5.74) is -0.108. The van der Waals surface area contributed by atoms with Gasteiger partial charge in [-0.1, -0.05) is 36.4 Å². The fourth-order valence-corrected chi connectivity index (χ4v) is 4.30. The van der Waals surface area contributed by atoms with Crippen LogP contribution in [0.1, 0.15) is 0 Å². The Balaban J connectivity index is 1.93. The monoisotopic (exact) mass is 458 g/mol. The molecule has 0 saturated carbocycles. The Morgan fingerprint density at radius 2 is 1.39 bits per heavy atom. The number of benzene rings is 4. The number of azo groups is 1. The van der Waals surface area contributed by atoms with E-state index in [4.69, 9.17) is 0 Å². The summed E-state index contributed by atoms with van der Waals surface area (Å²) in [6.07, 6.45) is 0. The highest BCUT2D eigenvalue weighted by Gasteiger charge is 2.19. The van der Waals surface area contributed by atoms with Crippen LogP contribution in [0.3, 0.4) is 0 Å². The van der Waals surface area contributed by atoms with Crippen molar-refractivity contribution in [3.63, 3.8) is 0 Å². The predicted octanol–water partition coefficient (Wildman–Crippen LogP) is 4.61. The maximum Gasteiger partial charge on any atom is 0.296 e. The Hall–Kier alpha value is -3.38. The second kappa shape index (κ2) is 7.39. The van der Waals surface area contributed by atoms with Crippen LogP contribution in [-0.2, 0) is 20.2 Å². The summed E-state index contributed by atoms with van der Waals surface area (Å²) >= 11 is 0. The van der Waals surface area contributed by atoms with Crippen LogP contribution in [0.4, 0.5) is 11.4 Å². The van der Waals surface area contributed by atoms with Crippen LogP contribution in [0, 0.1) is 0 Å². The molecule has 4 aromatic carbocycles. The van der Waals surface area contributed by atoms with Crippen molar-refractivity contribution in [3.8, 4) is 5.75 Å². The van der Waals surface area contributed by atoms with Crippen LogP contribution in [0.5, 0.6) is 5.75 Å². The van der Waals surface area contributed by atoms with E-state index in [1.54, 1.807) is 30.3 Å². The maximum absolute atomic E-state index is 11.9. The Morgan fingerprint density at radius 1 is 0.677 bits per heavy atom. The summed E-state index contributed by atoms with van der Waals surface area (Å²) in [7, 11) is -9.26. The SMILES string of the molecule is O=S(=O)(O)c1ccc2cc(N=Nc3c(O)ccc4ccccc34)c(S(=O)(=O)O)cc2c1. The highest BCUT2D eigenvalue weighted by molar-refractivity contribution is 7.86. The highest BCUT2D eigenvalue weighted by atomic mass is 32.2. The molecule has 0 radical (unpaired) electrons. The van der Waals surface area contributed by atoms with Crippen molar-refractivity contribution in [2.45, 2.75) is 9.79 Å². The van der Waals surface area contributed by atoms with Gasteiger partial charge < -0.3 is 5.11 Å². The van der Waals surface area contributed by atoms with Crippen LogP contribution in [0.15, 0.2) is 86.7 Å². The first-order valence-electron chi connectivity index (χ1n) is 8.69. The fourth-order valence-electron chi connectivity index (χ4n) is 3.14. The van der Waals surface area contributed by atoms with Gasteiger partial charge in [-0.25, -0.2) is 0 Å². The van der Waals surface area contributed by atoms with Crippen molar-refractivity contribution in [1.29, 1.82) is 0 Å². The maximum atomic E-state index is 11.9. The Labute approximate surface area is 176 Å². The molecule has 0 aliphatic carbocycles. The predicted molar refractivity (Wildman–Crippen MR) is 113 cm³/mol. The molecule has 0 spiro atoms. The van der Waals surface area contributed by atoms with Gasteiger partial charge in [-0.3, -0.25) is 9.11 Å². The summed E-state index contributed by atoms with van der Waals surface area (Å²) < 4.78 is 65.4. The zero-order valence-corrected chi connectivity index (χ0v) is 17.2. The average Bonchev–Trinajstić information content (AvgIpc) is 2.70. The van der Waals surface area contributed by atoms with Crippen LogP contribution >= 0.6 is 0 Å². The molecule has 0 heterocycles. The van der Waals surface area contributed by atoms with E-state index < -0.39 is 30.0 Å². The zero-order valence-electron chi connectivity index (χ0n) is 15.5. The number of hydrogen-bond donors (Lipinski definition) is 3. The lowest BCUT2D eigenvalue weighted by atomic mass is 10.1. The number of hydrogen-bond acceptors (Lipinski definition) is 7. The zero-order chi connectivity index (χ0) is 22.4. The van der Waals surface area contributed by atoms with E-state index in [1.807, 2.05) is 0 Å². The van der Waals surface area contributed by atoms with Crippen molar-refractivity contribution in [2.75, 3.05) is 0 Å². The van der Waals surface area contributed by atoms with E-state index in [-0.39, 0.29) is 22.5 Å². The third-order valence-corrected chi connectivity index (χ3v) is 6.33. The minimum Gasteiger partial charge on any atom is -0.506 e. The molecule has 0 amide bonds. The molecule has 4 rings (SSSR count). The van der Waals surface area contributed by atoms with Crippen molar-refractivity contribution >= 4 is 53.2 Å². The van der Waals surface area contributed by atoms with Crippen molar-refractivity contribution < 1.29 is 31.0 Å². The quantitative estimate of drug-likeness (QED) is 0.298. The van der Waals surface area contributed by atoms with Crippen LogP contribution in [-0.4, -0.2) is 31.0 Å². The lowest BCUT2D eigenvalue weighted by Gasteiger charge is -2.07. The van der Waals surface area contributed by atoms with Crippen molar-refractivity contribution in [2.24, 2.45) is 10.2 Å². The molecule has 0 aliphatic rings. The molecule has 0 bridgehead atoms. The lowest BCUT2D eigenvalue weighted by Crippen LogP contribution is -2.00. The summed E-state index contributed by atoms with van der Waals surface area (Å²) in [5.74, 6) is -0.172. The third kappa shape index (κ3) is 4.11. The van der Waals surface area contributed by atoms with Crippen molar-refractivity contribution in [3.05, 3.63) is 66.7 Å². The lowest BCUT2D eigenvalue weighted by molar-refractivity contribution is 0.477. The molecule has 0 unspecified atom stereocenters. The minimum absolute atomic E-state index is 0.112. The first kappa shape index (κ1) is 20.9. The summed E-state index contributed by atoms with van der Waals surface area (Å²) in [6, 6.07) is 16.1. The molecule has 3 N–H and O–H groups in total. The number of phenols is 1. The molecule has 158 valence electrons. The number of aromatic hydroxyl groups is 1. The molecular weight excluding hydrogens is 444 g/mol. The average molecular weight is 458 g/mol. The van der Waals surface area contributed by atoms with Gasteiger partial charge in [-0.15, -0.1) is 10.2 Å². The van der Waals surface area contributed by atoms with Gasteiger partial charge in [0, 0.05) is 5.39 Å². The summed E-state index contributed by atoms with van der Waals surface area (Å²) in [5, 5.41) is 20.0. The Kier molecular flexibility index (Phi) is 4.98. The van der Waals surface area contributed by atoms with Gasteiger partial charge in [-0.2, -0.15) is 16.8 Å². The van der Waals surface area contributed by atoms with Gasteiger partial charge in [-0.05, 0) is 46.5 Å². The molecule has 0 aliphatic heterocycles. The van der Waals surface area contributed by atoms with Gasteiger partial charge >= 0.3 is 0 Å². The van der Waals surface area contributed by atoms with E-state index in [2.05, 4.69) is 10.2 Å². The third-order valence-electron chi connectivity index (χ3n) is 4.60. The molecule has 0 saturated heterocycles. The number of rotatable bonds is 4. The first-order valence-corrected chi connectivity index (χ1v) is 11.6. The Bertz CT molecular complexity index is 1600. The second-order valence-electron chi connectivity index (χ2n) is 6.63. The number of nitrogens with zero attached hydrogens (tertiary/aromatic N) is 2. The topological polar surface area (TPSA) is 154 Å². The van der Waals surface area contributed by atoms with Crippen LogP contribution in [0.2, 0.25) is 0 Å². The van der Waals surface area contributed by atoms with Crippen LogP contribution < -0.4 is 0 Å². The summed E-state index contributed by atoms with van der Waals surface area (Å²) in [4.78, 5) is -1.05. The summed E-state index contributed by atoms with van der Waals surface area (Å²) in [6.45, 7) is 0. The smallest absolute Gasteiger partial charge is 0.296 e. The largest absolute Gasteiger partial charge is 0.506 e. The second-order valence-corrected chi connectivity index (χ2v) is 9.44. The van der Waals surface area contributed by atoms with E-state index in [0.29, 0.717) is 10.8 Å². The Morgan fingerprint density at radius 3 is 2.10 bits per heavy atom. The van der Waals surface area contributed by atoms with E-state index in [9.17, 15) is 31.0 Å². The molecule has 4 aromatic rings. The number of fused-ring (bicyclic) bond motifs is 2. The molecule has 9 nitrogen and oxygen atoms in total. The van der Waals surface area contributed by atoms with E-state index >= 15 is 0 Å². The van der Waals surface area contributed by atoms with Crippen molar-refractivity contribution in [1.82, 2.24) is 0 Å². The fraction of sp³-hybridized carbons (Fsp3) is 0. The minimum atomic E-state index is -4.76. The molecule has 0 atom stereocenters. The standard InChI is InChI=1S/C20H14N2O7S2/c23-18-8-6-12-3-1-2-4-16(12)20(18)22-21-17-10-13-5-7-15(30(24,25)26)9-14(13)11-19(17)31(27,28)29/h1-11,23H,(H,24,25,26)(H,27,28,29). The van der Waals surface area contributed by atoms with Gasteiger partial charge in [0.15, 0.2) is 0 Å². The van der Waals surface area contributed by atoms with Gasteiger partial charge in [0.2, 0.25) is 0 Å². The number of phenolic OH excluding ortho intramolecular Hbond substituents is 1. The van der Waals surface area contributed by atoms with E-state index in [0.717, 1.165) is 23.6 Å². The first-order chi connectivity index (χ1) is 14.5. The van der Waals surface area contributed by atoms with Gasteiger partial charge in [0.05, 0.1) is 4.90 Å². The normalized spacial score (nSPS) is 12.7. The molecule has 31 heavy (non-hydrogen) atoms. The van der Waals surface area contributed by atoms with E-state index in [1.165, 1.54) is 18.2 Å². The molecular formula is C20H14N2O7S2. The molecule has 0 aromatic heterocycles. The molecule has 0 fully saturated rings. The highest BCUT2D eigenvalue weighted by Crippen LogP contribution is 2.38. The van der Waals surface area contributed by atoms with Crippen LogP contribution in [0.25, 0.3) is 21.5 Å². The van der Waals surface area contributed by atoms with Gasteiger partial charge in [0.1, 0.15) is 22.0 Å². The molecule has 11 heteroatoms. The van der Waals surface area contributed by atoms with Gasteiger partial charge in [0.25, 0.3) is 20.2 Å².